The monoisotopic (exact) mass is 653 g/mol. The maximum Gasteiger partial charge on any atom is 0.306 e. The van der Waals surface area contributed by atoms with Gasteiger partial charge in [0.05, 0.1) is 0 Å². The van der Waals surface area contributed by atoms with E-state index in [1.807, 2.05) is 6.08 Å². The van der Waals surface area contributed by atoms with Crippen molar-refractivity contribution in [3.8, 4) is 0 Å². The van der Waals surface area contributed by atoms with Crippen LogP contribution in [-0.2, 0) is 9.53 Å². The average Bonchev–Trinajstić information content (AvgIpc) is 3.40. The zero-order valence-electron chi connectivity index (χ0n) is 32.7. The lowest BCUT2D eigenvalue weighted by Gasteiger charge is -2.58. The number of allylic oxidation sites excluding steroid dienone is 2. The number of fused-ring (bicyclic) bond motifs is 5. The van der Waals surface area contributed by atoms with Crippen molar-refractivity contribution in [3.05, 3.63) is 24.3 Å². The van der Waals surface area contributed by atoms with Gasteiger partial charge in [-0.15, -0.1) is 6.58 Å². The molecule has 47 heavy (non-hydrogen) atoms. The largest absolute Gasteiger partial charge is 0.462 e. The molecule has 0 aromatic carbocycles. The van der Waals surface area contributed by atoms with E-state index < -0.39 is 0 Å². The fraction of sp³-hybridized carbons (Fsp3) is 0.889. The first kappa shape index (κ1) is 40.4. The molecule has 2 heteroatoms. The second-order valence-corrected chi connectivity index (χ2v) is 17.7. The van der Waals surface area contributed by atoms with Crippen molar-refractivity contribution in [2.45, 2.75) is 209 Å². The van der Waals surface area contributed by atoms with Crippen LogP contribution in [0.4, 0.5) is 0 Å². The Morgan fingerprint density at radius 1 is 0.851 bits per heavy atom. The topological polar surface area (TPSA) is 26.3 Å². The van der Waals surface area contributed by atoms with E-state index in [0.717, 1.165) is 61.2 Å². The SMILES string of the molecule is C=CCCCCCCCC.CCCCCCCC(=O)O[C@H]1CC[C@@]2(C)C(=CC[C@H]3[C@@H]4CC[C@H]([C@H](C)CCCC(C)C)[C@@]4(C)CC[C@@H]32)C1. The van der Waals surface area contributed by atoms with Gasteiger partial charge in [-0.3, -0.25) is 4.79 Å². The van der Waals surface area contributed by atoms with Crippen LogP contribution >= 0.6 is 0 Å². The summed E-state index contributed by atoms with van der Waals surface area (Å²) in [7, 11) is 0. The number of ether oxygens (including phenoxy) is 1. The Bertz CT molecular complexity index is 932. The summed E-state index contributed by atoms with van der Waals surface area (Å²) in [6.45, 7) is 20.8. The Kier molecular flexibility index (Phi) is 17.7. The number of carbonyl (C=O) groups is 1. The second kappa shape index (κ2) is 20.6. The number of carbonyl (C=O) groups excluding carboxylic acids is 1. The molecule has 4 aliphatic carbocycles. The first-order chi connectivity index (χ1) is 22.6. The highest BCUT2D eigenvalue weighted by Gasteiger charge is 2.59. The molecule has 0 spiro atoms. The van der Waals surface area contributed by atoms with E-state index in [0.29, 0.717) is 17.3 Å². The molecule has 0 saturated heterocycles. The quantitative estimate of drug-likeness (QED) is 0.0788. The second-order valence-electron chi connectivity index (χ2n) is 17.7. The molecule has 0 radical (unpaired) electrons. The zero-order chi connectivity index (χ0) is 34.3. The zero-order valence-corrected chi connectivity index (χ0v) is 32.7. The third kappa shape index (κ3) is 11.5. The van der Waals surface area contributed by atoms with Crippen LogP contribution in [0.3, 0.4) is 0 Å². The number of rotatable bonds is 19. The summed E-state index contributed by atoms with van der Waals surface area (Å²) in [5.74, 6) is 5.34. The van der Waals surface area contributed by atoms with Gasteiger partial charge >= 0.3 is 5.97 Å². The van der Waals surface area contributed by atoms with Crippen molar-refractivity contribution in [1.29, 1.82) is 0 Å². The van der Waals surface area contributed by atoms with Gasteiger partial charge in [-0.05, 0) is 111 Å². The summed E-state index contributed by atoms with van der Waals surface area (Å²) in [5, 5.41) is 0. The smallest absolute Gasteiger partial charge is 0.306 e. The molecule has 0 aromatic heterocycles. The fourth-order valence-corrected chi connectivity index (χ4v) is 10.9. The molecule has 3 saturated carbocycles. The third-order valence-electron chi connectivity index (χ3n) is 13.8. The Balaban J connectivity index is 0.000000520. The van der Waals surface area contributed by atoms with Crippen molar-refractivity contribution in [2.24, 2.45) is 46.3 Å². The van der Waals surface area contributed by atoms with Crippen LogP contribution in [0, 0.1) is 46.3 Å². The highest BCUT2D eigenvalue weighted by molar-refractivity contribution is 5.69. The molecule has 3 fully saturated rings. The molecule has 2 nitrogen and oxygen atoms in total. The number of hydrogen-bond acceptors (Lipinski definition) is 2. The molecule has 272 valence electrons. The first-order valence-corrected chi connectivity index (χ1v) is 21.1. The molecular weight excluding hydrogens is 572 g/mol. The predicted molar refractivity (Wildman–Crippen MR) is 204 cm³/mol. The van der Waals surface area contributed by atoms with Gasteiger partial charge in [-0.2, -0.15) is 0 Å². The first-order valence-electron chi connectivity index (χ1n) is 21.1. The van der Waals surface area contributed by atoms with Crippen molar-refractivity contribution < 1.29 is 9.53 Å². The molecule has 0 heterocycles. The average molecular weight is 653 g/mol. The normalized spacial score (nSPS) is 31.9. The van der Waals surface area contributed by atoms with E-state index in [-0.39, 0.29) is 12.1 Å². The lowest BCUT2D eigenvalue weighted by atomic mass is 9.47. The van der Waals surface area contributed by atoms with Crippen LogP contribution in [0.2, 0.25) is 0 Å². The maximum absolute atomic E-state index is 12.5. The number of unbranched alkanes of at least 4 members (excludes halogenated alkanes) is 10. The summed E-state index contributed by atoms with van der Waals surface area (Å²) in [6, 6.07) is 0. The van der Waals surface area contributed by atoms with Crippen LogP contribution in [-0.4, -0.2) is 12.1 Å². The molecule has 0 N–H and O–H groups in total. The molecule has 0 aliphatic heterocycles. The highest BCUT2D eigenvalue weighted by atomic mass is 16.5. The van der Waals surface area contributed by atoms with Crippen LogP contribution in [0.15, 0.2) is 24.3 Å². The minimum atomic E-state index is 0.0485. The van der Waals surface area contributed by atoms with Crippen molar-refractivity contribution in [3.63, 3.8) is 0 Å². The summed E-state index contributed by atoms with van der Waals surface area (Å²) >= 11 is 0. The molecule has 0 unspecified atom stereocenters. The standard InChI is InChI=1S/C35H60O2.C10H20/c1-7-8-9-10-11-15-33(36)37-28-20-22-34(5)27(24-28)16-17-29-31-19-18-30(26(4)14-12-13-25(2)3)35(31,6)23-21-32(29)34;1-3-5-7-9-10-8-6-4-2/h16,25-26,28-32H,7-15,17-24H2,1-6H3;3H,1,4-10H2,2H3/t26-,28+,29+,30-,31+,32+,34+,35-;/m1./s1. The van der Waals surface area contributed by atoms with Gasteiger partial charge in [0.25, 0.3) is 0 Å². The van der Waals surface area contributed by atoms with E-state index in [1.54, 1.807) is 5.57 Å². The van der Waals surface area contributed by atoms with Crippen LogP contribution in [0.5, 0.6) is 0 Å². The maximum atomic E-state index is 12.5. The van der Waals surface area contributed by atoms with Gasteiger partial charge in [0, 0.05) is 12.8 Å². The van der Waals surface area contributed by atoms with Crippen LogP contribution in [0.1, 0.15) is 203 Å². The van der Waals surface area contributed by atoms with Crippen molar-refractivity contribution in [1.82, 2.24) is 0 Å². The van der Waals surface area contributed by atoms with E-state index in [1.165, 1.54) is 122 Å². The van der Waals surface area contributed by atoms with Crippen molar-refractivity contribution in [2.75, 3.05) is 0 Å². The van der Waals surface area contributed by atoms with E-state index in [9.17, 15) is 4.79 Å². The van der Waals surface area contributed by atoms with Gasteiger partial charge in [-0.25, -0.2) is 0 Å². The predicted octanol–water partition coefficient (Wildman–Crippen LogP) is 14.2. The molecule has 4 rings (SSSR count). The third-order valence-corrected chi connectivity index (χ3v) is 13.8. The molecule has 4 aliphatic rings. The van der Waals surface area contributed by atoms with E-state index in [4.69, 9.17) is 4.74 Å². The number of esters is 1. The summed E-state index contributed by atoms with van der Waals surface area (Å²) < 4.78 is 6.02. The Morgan fingerprint density at radius 3 is 2.21 bits per heavy atom. The van der Waals surface area contributed by atoms with Crippen LogP contribution < -0.4 is 0 Å². The molecule has 0 amide bonds. The van der Waals surface area contributed by atoms with Gasteiger partial charge in [0.1, 0.15) is 6.10 Å². The van der Waals surface area contributed by atoms with Crippen molar-refractivity contribution >= 4 is 5.97 Å². The molecule has 0 aromatic rings. The van der Waals surface area contributed by atoms with E-state index in [2.05, 4.69) is 61.1 Å². The molecular formula is C45H80O2. The molecule has 0 bridgehead atoms. The summed E-state index contributed by atoms with van der Waals surface area (Å²) in [4.78, 5) is 12.5. The molecule has 8 atom stereocenters. The van der Waals surface area contributed by atoms with Gasteiger partial charge in [-0.1, -0.05) is 143 Å². The summed E-state index contributed by atoms with van der Waals surface area (Å²) in [5.41, 5.74) is 2.54. The summed E-state index contributed by atoms with van der Waals surface area (Å²) in [6.07, 6.45) is 35.5. The lowest BCUT2D eigenvalue weighted by Crippen LogP contribution is -2.51. The Labute approximate surface area is 294 Å². The fourth-order valence-electron chi connectivity index (χ4n) is 10.9. The van der Waals surface area contributed by atoms with Crippen LogP contribution in [0.25, 0.3) is 0 Å². The number of hydrogen-bond donors (Lipinski definition) is 0. The van der Waals surface area contributed by atoms with Gasteiger partial charge in [0.2, 0.25) is 0 Å². The van der Waals surface area contributed by atoms with Gasteiger partial charge in [0.15, 0.2) is 0 Å². The Hall–Kier alpha value is -1.05. The minimum absolute atomic E-state index is 0.0485. The minimum Gasteiger partial charge on any atom is -0.462 e. The van der Waals surface area contributed by atoms with E-state index >= 15 is 0 Å². The Morgan fingerprint density at radius 2 is 1.53 bits per heavy atom. The van der Waals surface area contributed by atoms with Gasteiger partial charge < -0.3 is 4.74 Å². The lowest BCUT2D eigenvalue weighted by molar-refractivity contribution is -0.151. The highest BCUT2D eigenvalue weighted by Crippen LogP contribution is 2.67.